The molecule has 0 unspecified atom stereocenters. The van der Waals surface area contributed by atoms with Crippen LogP contribution in [0.1, 0.15) is 28.8 Å². The predicted molar refractivity (Wildman–Crippen MR) is 70.7 cm³/mol. The summed E-state index contributed by atoms with van der Waals surface area (Å²) < 4.78 is 25.5. The third kappa shape index (κ3) is 2.33. The van der Waals surface area contributed by atoms with Gasteiger partial charge in [-0.2, -0.15) is 5.10 Å². The van der Waals surface area contributed by atoms with Crippen LogP contribution in [0, 0.1) is 6.92 Å². The van der Waals surface area contributed by atoms with Crippen LogP contribution in [0.5, 0.6) is 0 Å². The Labute approximate surface area is 115 Å². The first-order valence-electron chi connectivity index (χ1n) is 6.44. The molecule has 0 aliphatic carbocycles. The zero-order valence-electron chi connectivity index (χ0n) is 11.1. The molecule has 0 saturated heterocycles. The number of fused-ring (bicyclic) bond motifs is 1. The SMILES string of the molecule is Cc1ccnnc1N1CCc2ncc(C(F)F)cc2C1. The molecule has 0 fully saturated rings. The van der Waals surface area contributed by atoms with Crippen LogP contribution < -0.4 is 4.90 Å². The second-order valence-corrected chi connectivity index (χ2v) is 4.88. The van der Waals surface area contributed by atoms with Gasteiger partial charge in [0, 0.05) is 37.0 Å². The molecule has 2 aromatic heterocycles. The standard InChI is InChI=1S/C14H14F2N4/c1-9-2-4-18-19-14(9)20-5-3-12-11(8-20)6-10(7-17-12)13(15)16/h2,4,6-7,13H,3,5,8H2,1H3. The summed E-state index contributed by atoms with van der Waals surface area (Å²) in [5, 5.41) is 8.03. The smallest absolute Gasteiger partial charge is 0.265 e. The number of rotatable bonds is 2. The fourth-order valence-corrected chi connectivity index (χ4v) is 2.44. The largest absolute Gasteiger partial charge is 0.350 e. The van der Waals surface area contributed by atoms with Crippen molar-refractivity contribution in [2.45, 2.75) is 26.3 Å². The van der Waals surface area contributed by atoms with Crippen molar-refractivity contribution >= 4 is 5.82 Å². The molecule has 2 aromatic rings. The molecule has 20 heavy (non-hydrogen) atoms. The van der Waals surface area contributed by atoms with E-state index in [4.69, 9.17) is 0 Å². The van der Waals surface area contributed by atoms with Gasteiger partial charge in [0.15, 0.2) is 5.82 Å². The molecule has 0 spiro atoms. The number of aryl methyl sites for hydroxylation is 1. The molecular weight excluding hydrogens is 262 g/mol. The highest BCUT2D eigenvalue weighted by Crippen LogP contribution is 2.26. The molecule has 0 saturated carbocycles. The van der Waals surface area contributed by atoms with Gasteiger partial charge < -0.3 is 4.90 Å². The highest BCUT2D eigenvalue weighted by molar-refractivity contribution is 5.47. The van der Waals surface area contributed by atoms with Gasteiger partial charge in [-0.3, -0.25) is 4.98 Å². The molecule has 1 aliphatic rings. The first-order valence-corrected chi connectivity index (χ1v) is 6.44. The summed E-state index contributed by atoms with van der Waals surface area (Å²) in [4.78, 5) is 6.21. The number of anilines is 1. The lowest BCUT2D eigenvalue weighted by Gasteiger charge is -2.29. The van der Waals surface area contributed by atoms with Crippen molar-refractivity contribution in [2.24, 2.45) is 0 Å². The maximum absolute atomic E-state index is 12.7. The Bertz CT molecular complexity index is 630. The maximum Gasteiger partial charge on any atom is 0.265 e. The summed E-state index contributed by atoms with van der Waals surface area (Å²) in [6.07, 6.45) is 1.16. The summed E-state index contributed by atoms with van der Waals surface area (Å²) in [7, 11) is 0. The Morgan fingerprint density at radius 3 is 2.95 bits per heavy atom. The number of pyridine rings is 1. The fourth-order valence-electron chi connectivity index (χ4n) is 2.44. The summed E-state index contributed by atoms with van der Waals surface area (Å²) in [6.45, 7) is 3.28. The van der Waals surface area contributed by atoms with Crippen LogP contribution >= 0.6 is 0 Å². The molecule has 0 aromatic carbocycles. The highest BCUT2D eigenvalue weighted by Gasteiger charge is 2.21. The van der Waals surface area contributed by atoms with Crippen LogP contribution in [0.2, 0.25) is 0 Å². The van der Waals surface area contributed by atoms with Crippen molar-refractivity contribution < 1.29 is 8.78 Å². The normalized spacial score (nSPS) is 14.5. The zero-order valence-corrected chi connectivity index (χ0v) is 11.1. The number of halogens is 2. The molecule has 0 radical (unpaired) electrons. The molecule has 1 aliphatic heterocycles. The predicted octanol–water partition coefficient (Wildman–Crippen LogP) is 2.68. The minimum absolute atomic E-state index is 0.0264. The van der Waals surface area contributed by atoms with Crippen molar-refractivity contribution in [3.05, 3.63) is 46.9 Å². The van der Waals surface area contributed by atoms with E-state index in [9.17, 15) is 8.78 Å². The molecule has 104 valence electrons. The lowest BCUT2D eigenvalue weighted by Crippen LogP contribution is -2.32. The quantitative estimate of drug-likeness (QED) is 0.845. The topological polar surface area (TPSA) is 41.9 Å². The van der Waals surface area contributed by atoms with Crippen LogP contribution in [0.4, 0.5) is 14.6 Å². The Hall–Kier alpha value is -2.11. The van der Waals surface area contributed by atoms with Gasteiger partial charge in [0.1, 0.15) is 0 Å². The van der Waals surface area contributed by atoms with Crippen molar-refractivity contribution in [1.29, 1.82) is 0 Å². The Balaban J connectivity index is 1.91. The van der Waals surface area contributed by atoms with Crippen LogP contribution in [0.15, 0.2) is 24.5 Å². The lowest BCUT2D eigenvalue weighted by molar-refractivity contribution is 0.150. The van der Waals surface area contributed by atoms with Gasteiger partial charge >= 0.3 is 0 Å². The second kappa shape index (κ2) is 5.11. The minimum Gasteiger partial charge on any atom is -0.350 e. The van der Waals surface area contributed by atoms with Gasteiger partial charge in [0.05, 0.1) is 6.20 Å². The second-order valence-electron chi connectivity index (χ2n) is 4.88. The van der Waals surface area contributed by atoms with E-state index in [0.717, 1.165) is 35.6 Å². The van der Waals surface area contributed by atoms with E-state index >= 15 is 0 Å². The maximum atomic E-state index is 12.7. The average molecular weight is 276 g/mol. The molecule has 6 heteroatoms. The Morgan fingerprint density at radius 2 is 2.20 bits per heavy atom. The summed E-state index contributed by atoms with van der Waals surface area (Å²) in [6, 6.07) is 3.44. The van der Waals surface area contributed by atoms with Crippen LogP contribution in [-0.4, -0.2) is 21.7 Å². The molecule has 0 atom stereocenters. The van der Waals surface area contributed by atoms with Crippen molar-refractivity contribution in [3.8, 4) is 0 Å². The molecule has 0 N–H and O–H groups in total. The fraction of sp³-hybridized carbons (Fsp3) is 0.357. The first-order chi connectivity index (χ1) is 9.65. The van der Waals surface area contributed by atoms with E-state index in [1.807, 2.05) is 13.0 Å². The molecular formula is C14H14F2N4. The van der Waals surface area contributed by atoms with Gasteiger partial charge in [-0.15, -0.1) is 5.10 Å². The summed E-state index contributed by atoms with van der Waals surface area (Å²) >= 11 is 0. The molecule has 3 heterocycles. The monoisotopic (exact) mass is 276 g/mol. The van der Waals surface area contributed by atoms with Crippen LogP contribution in [0.3, 0.4) is 0 Å². The van der Waals surface area contributed by atoms with Crippen LogP contribution in [0.25, 0.3) is 0 Å². The highest BCUT2D eigenvalue weighted by atomic mass is 19.3. The van der Waals surface area contributed by atoms with E-state index in [1.165, 1.54) is 6.20 Å². The first kappa shape index (κ1) is 12.9. The number of hydrogen-bond donors (Lipinski definition) is 0. The number of nitrogens with zero attached hydrogens (tertiary/aromatic N) is 4. The van der Waals surface area contributed by atoms with Gasteiger partial charge in [-0.1, -0.05) is 0 Å². The van der Waals surface area contributed by atoms with Gasteiger partial charge in [-0.25, -0.2) is 8.78 Å². The average Bonchev–Trinajstić information content (AvgIpc) is 2.46. The Kier molecular flexibility index (Phi) is 3.30. The number of aromatic nitrogens is 3. The van der Waals surface area contributed by atoms with E-state index < -0.39 is 6.43 Å². The van der Waals surface area contributed by atoms with Gasteiger partial charge in [0.2, 0.25) is 0 Å². The van der Waals surface area contributed by atoms with Crippen molar-refractivity contribution in [1.82, 2.24) is 15.2 Å². The van der Waals surface area contributed by atoms with Crippen molar-refractivity contribution in [3.63, 3.8) is 0 Å². The van der Waals surface area contributed by atoms with Gasteiger partial charge in [-0.05, 0) is 30.2 Å². The number of hydrogen-bond acceptors (Lipinski definition) is 4. The molecule has 4 nitrogen and oxygen atoms in total. The Morgan fingerprint density at radius 1 is 1.35 bits per heavy atom. The zero-order chi connectivity index (χ0) is 14.1. The van der Waals surface area contributed by atoms with E-state index in [2.05, 4.69) is 20.1 Å². The lowest BCUT2D eigenvalue weighted by atomic mass is 10.0. The van der Waals surface area contributed by atoms with E-state index in [0.29, 0.717) is 6.54 Å². The van der Waals surface area contributed by atoms with Gasteiger partial charge in [0.25, 0.3) is 6.43 Å². The molecule has 0 bridgehead atoms. The van der Waals surface area contributed by atoms with Crippen molar-refractivity contribution in [2.75, 3.05) is 11.4 Å². The molecule has 3 rings (SSSR count). The van der Waals surface area contributed by atoms with E-state index in [-0.39, 0.29) is 5.56 Å². The third-order valence-electron chi connectivity index (χ3n) is 3.51. The molecule has 0 amide bonds. The van der Waals surface area contributed by atoms with E-state index in [1.54, 1.807) is 12.3 Å². The minimum atomic E-state index is -2.48. The summed E-state index contributed by atoms with van der Waals surface area (Å²) in [5.74, 6) is 0.806. The third-order valence-corrected chi connectivity index (χ3v) is 3.51. The summed E-state index contributed by atoms with van der Waals surface area (Å²) in [5.41, 5.74) is 2.74. The van der Waals surface area contributed by atoms with Crippen LogP contribution in [-0.2, 0) is 13.0 Å². The number of alkyl halides is 2.